The van der Waals surface area contributed by atoms with Crippen LogP contribution in [0.15, 0.2) is 12.3 Å². The maximum atomic E-state index is 6.23. The summed E-state index contributed by atoms with van der Waals surface area (Å²) in [5.41, 5.74) is 4.24. The van der Waals surface area contributed by atoms with Crippen molar-refractivity contribution in [2.24, 2.45) is 5.41 Å². The molecule has 1 saturated heterocycles. The molecule has 1 spiro atoms. The average Bonchev–Trinajstić information content (AvgIpc) is 2.45. The van der Waals surface area contributed by atoms with Crippen LogP contribution in [0.4, 0.5) is 0 Å². The number of fused-ring (bicyclic) bond motifs is 1. The highest BCUT2D eigenvalue weighted by atomic mass is 16.7. The number of pyridine rings is 1. The molecule has 0 radical (unpaired) electrons. The van der Waals surface area contributed by atoms with Gasteiger partial charge in [0.25, 0.3) is 0 Å². The molecule has 0 aromatic carbocycles. The van der Waals surface area contributed by atoms with Crippen molar-refractivity contribution in [3.63, 3.8) is 0 Å². The Bertz CT molecular complexity index is 561. The van der Waals surface area contributed by atoms with E-state index in [1.165, 1.54) is 16.8 Å². The van der Waals surface area contributed by atoms with Gasteiger partial charge in [-0.15, -0.1) is 0 Å². The molecule has 2 aliphatic rings. The summed E-state index contributed by atoms with van der Waals surface area (Å²) in [7, 11) is 0. The highest BCUT2D eigenvalue weighted by Gasteiger charge is 2.40. The zero-order valence-electron chi connectivity index (χ0n) is 15.4. The van der Waals surface area contributed by atoms with E-state index < -0.39 is 0 Å². The van der Waals surface area contributed by atoms with Crippen molar-refractivity contribution in [3.05, 3.63) is 29.1 Å². The van der Waals surface area contributed by atoms with Crippen LogP contribution in [0.2, 0.25) is 0 Å². The smallest absolute Gasteiger partial charge is 0.168 e. The van der Waals surface area contributed by atoms with Gasteiger partial charge >= 0.3 is 0 Å². The highest BCUT2D eigenvalue weighted by Crippen LogP contribution is 2.37. The van der Waals surface area contributed by atoms with Crippen LogP contribution in [0.5, 0.6) is 0 Å². The highest BCUT2D eigenvalue weighted by molar-refractivity contribution is 5.30. The largest absolute Gasteiger partial charge is 0.349 e. The summed E-state index contributed by atoms with van der Waals surface area (Å²) in [6, 6.07) is 2.36. The minimum Gasteiger partial charge on any atom is -0.349 e. The van der Waals surface area contributed by atoms with E-state index in [2.05, 4.69) is 46.9 Å². The quantitative estimate of drug-likeness (QED) is 0.710. The topological polar surface area (TPSA) is 31.4 Å². The Morgan fingerprint density at radius 2 is 1.74 bits per heavy atom. The Morgan fingerprint density at radius 1 is 1.04 bits per heavy atom. The molecule has 1 fully saturated rings. The Labute approximate surface area is 140 Å². The summed E-state index contributed by atoms with van der Waals surface area (Å²) >= 11 is 0. The Kier molecular flexibility index (Phi) is 4.31. The van der Waals surface area contributed by atoms with E-state index in [9.17, 15) is 0 Å². The Balaban J connectivity index is 1.79. The van der Waals surface area contributed by atoms with Gasteiger partial charge in [0.2, 0.25) is 0 Å². The summed E-state index contributed by atoms with van der Waals surface area (Å²) in [5.74, 6) is -0.370. The molecular formula is C20H31NO2. The second kappa shape index (κ2) is 5.86. The lowest BCUT2D eigenvalue weighted by atomic mass is 9.84. The number of aryl methyl sites for hydroxylation is 2. The lowest BCUT2D eigenvalue weighted by Crippen LogP contribution is -2.48. The van der Waals surface area contributed by atoms with Crippen LogP contribution in [-0.4, -0.2) is 24.0 Å². The third-order valence-electron chi connectivity index (χ3n) is 5.12. The SMILES string of the molecule is CC1(C)COC2(CCCc3ncc(C(C)(C)C)cc3CC2)OC1. The zero-order valence-corrected chi connectivity index (χ0v) is 15.4. The molecule has 3 nitrogen and oxygen atoms in total. The van der Waals surface area contributed by atoms with Crippen LogP contribution in [0, 0.1) is 5.41 Å². The van der Waals surface area contributed by atoms with Crippen LogP contribution >= 0.6 is 0 Å². The second-order valence-electron chi connectivity index (χ2n) is 9.09. The summed E-state index contributed by atoms with van der Waals surface area (Å²) < 4.78 is 12.5. The van der Waals surface area contributed by atoms with Crippen LogP contribution in [-0.2, 0) is 27.7 Å². The van der Waals surface area contributed by atoms with Gasteiger partial charge in [-0.3, -0.25) is 4.98 Å². The number of nitrogens with zero attached hydrogens (tertiary/aromatic N) is 1. The van der Waals surface area contributed by atoms with Crippen molar-refractivity contribution in [1.29, 1.82) is 0 Å². The van der Waals surface area contributed by atoms with Crippen LogP contribution in [0.3, 0.4) is 0 Å². The van der Waals surface area contributed by atoms with Gasteiger partial charge in [0, 0.05) is 30.1 Å². The van der Waals surface area contributed by atoms with Crippen molar-refractivity contribution in [1.82, 2.24) is 4.98 Å². The molecule has 3 heteroatoms. The molecule has 1 aromatic rings. The first kappa shape index (κ1) is 16.9. The van der Waals surface area contributed by atoms with Crippen molar-refractivity contribution in [3.8, 4) is 0 Å². The van der Waals surface area contributed by atoms with E-state index in [0.29, 0.717) is 0 Å². The van der Waals surface area contributed by atoms with Gasteiger partial charge in [0.05, 0.1) is 13.2 Å². The Morgan fingerprint density at radius 3 is 2.39 bits per heavy atom. The Hall–Kier alpha value is -0.930. The molecule has 0 amide bonds. The molecule has 0 atom stereocenters. The zero-order chi connectivity index (χ0) is 16.7. The van der Waals surface area contributed by atoms with Crippen molar-refractivity contribution >= 4 is 0 Å². The van der Waals surface area contributed by atoms with Gasteiger partial charge < -0.3 is 9.47 Å². The van der Waals surface area contributed by atoms with Crippen LogP contribution in [0.1, 0.15) is 70.7 Å². The molecule has 23 heavy (non-hydrogen) atoms. The second-order valence-corrected chi connectivity index (χ2v) is 9.09. The molecule has 0 N–H and O–H groups in total. The standard InChI is InChI=1S/C20H31NO2/c1-18(2,3)16-11-15-8-10-20(9-6-7-17(15)21-12-16)22-13-19(4,5)14-23-20/h11-12H,6-10,13-14H2,1-5H3. The predicted octanol–water partition coefficient (Wildman–Crippen LogP) is 4.42. The molecular weight excluding hydrogens is 286 g/mol. The molecule has 3 rings (SSSR count). The molecule has 0 bridgehead atoms. The van der Waals surface area contributed by atoms with Gasteiger partial charge in [0.15, 0.2) is 5.79 Å². The van der Waals surface area contributed by atoms with Gasteiger partial charge in [-0.05, 0) is 35.8 Å². The summed E-state index contributed by atoms with van der Waals surface area (Å²) in [5, 5.41) is 0. The molecule has 128 valence electrons. The first-order valence-corrected chi connectivity index (χ1v) is 8.95. The normalized spacial score (nSPS) is 23.9. The number of rotatable bonds is 0. The molecule has 1 aromatic heterocycles. The minimum absolute atomic E-state index is 0.131. The molecule has 0 unspecified atom stereocenters. The fourth-order valence-corrected chi connectivity index (χ4v) is 3.39. The van der Waals surface area contributed by atoms with E-state index in [1.54, 1.807) is 0 Å². The van der Waals surface area contributed by atoms with Gasteiger partial charge in [-0.2, -0.15) is 0 Å². The summed E-state index contributed by atoms with van der Waals surface area (Å²) in [6.45, 7) is 12.7. The van der Waals surface area contributed by atoms with E-state index >= 15 is 0 Å². The monoisotopic (exact) mass is 317 g/mol. The molecule has 0 saturated carbocycles. The van der Waals surface area contributed by atoms with Crippen molar-refractivity contribution in [2.75, 3.05) is 13.2 Å². The number of ether oxygens (including phenoxy) is 2. The number of hydrogen-bond donors (Lipinski definition) is 0. The first-order chi connectivity index (χ1) is 10.7. The fraction of sp³-hybridized carbons (Fsp3) is 0.750. The maximum Gasteiger partial charge on any atom is 0.168 e. The first-order valence-electron chi connectivity index (χ1n) is 8.95. The van der Waals surface area contributed by atoms with E-state index in [4.69, 9.17) is 14.5 Å². The third-order valence-corrected chi connectivity index (χ3v) is 5.12. The van der Waals surface area contributed by atoms with E-state index in [-0.39, 0.29) is 16.6 Å². The van der Waals surface area contributed by atoms with Crippen molar-refractivity contribution < 1.29 is 9.47 Å². The van der Waals surface area contributed by atoms with Crippen LogP contribution in [0.25, 0.3) is 0 Å². The maximum absolute atomic E-state index is 6.23. The van der Waals surface area contributed by atoms with Gasteiger partial charge in [-0.25, -0.2) is 0 Å². The van der Waals surface area contributed by atoms with E-state index in [0.717, 1.165) is 45.3 Å². The lowest BCUT2D eigenvalue weighted by Gasteiger charge is -2.44. The summed E-state index contributed by atoms with van der Waals surface area (Å²) in [4.78, 5) is 4.76. The fourth-order valence-electron chi connectivity index (χ4n) is 3.39. The third kappa shape index (κ3) is 3.77. The van der Waals surface area contributed by atoms with Gasteiger partial charge in [-0.1, -0.05) is 40.7 Å². The number of aromatic nitrogens is 1. The molecule has 1 aliphatic carbocycles. The number of hydrogen-bond acceptors (Lipinski definition) is 3. The average molecular weight is 317 g/mol. The lowest BCUT2D eigenvalue weighted by molar-refractivity contribution is -0.304. The molecule has 2 heterocycles. The van der Waals surface area contributed by atoms with Crippen LogP contribution < -0.4 is 0 Å². The van der Waals surface area contributed by atoms with Gasteiger partial charge in [0.1, 0.15) is 0 Å². The van der Waals surface area contributed by atoms with E-state index in [1.807, 2.05) is 0 Å². The summed E-state index contributed by atoms with van der Waals surface area (Å²) in [6.07, 6.45) is 7.07. The predicted molar refractivity (Wildman–Crippen MR) is 92.6 cm³/mol. The molecule has 1 aliphatic heterocycles. The van der Waals surface area contributed by atoms with Crippen molar-refractivity contribution in [2.45, 2.75) is 77.9 Å². The minimum atomic E-state index is -0.370.